The maximum atomic E-state index is 4.45. The Morgan fingerprint density at radius 1 is 1.24 bits per heavy atom. The number of rotatable bonds is 7. The zero-order chi connectivity index (χ0) is 12.7. The van der Waals surface area contributed by atoms with Crippen molar-refractivity contribution in [2.24, 2.45) is 0 Å². The number of hydrogen-bond acceptors (Lipinski definition) is 4. The van der Waals surface area contributed by atoms with Gasteiger partial charge in [-0.15, -0.1) is 0 Å². The number of hydrogen-bond donors (Lipinski definition) is 1. The zero-order valence-corrected chi connectivity index (χ0v) is 11.4. The van der Waals surface area contributed by atoms with Gasteiger partial charge in [-0.05, 0) is 26.8 Å². The van der Waals surface area contributed by atoms with E-state index >= 15 is 0 Å². The molecule has 0 aliphatic rings. The largest absolute Gasteiger partial charge is 0.338 e. The quantitative estimate of drug-likeness (QED) is 0.788. The summed E-state index contributed by atoms with van der Waals surface area (Å²) in [7, 11) is 0. The van der Waals surface area contributed by atoms with Crippen LogP contribution in [0.4, 0.5) is 5.95 Å². The molecule has 1 heterocycles. The minimum atomic E-state index is 0.486. The highest BCUT2D eigenvalue weighted by Crippen LogP contribution is 2.12. The molecule has 1 aromatic rings. The highest BCUT2D eigenvalue weighted by molar-refractivity contribution is 5.31. The summed E-state index contributed by atoms with van der Waals surface area (Å²) in [5.74, 6) is 0.835. The molecule has 0 radical (unpaired) electrons. The monoisotopic (exact) mass is 236 g/mol. The maximum absolute atomic E-state index is 4.45. The third-order valence-corrected chi connectivity index (χ3v) is 2.99. The van der Waals surface area contributed by atoms with E-state index in [1.807, 2.05) is 12.4 Å². The highest BCUT2D eigenvalue weighted by Gasteiger charge is 2.13. The van der Waals surface area contributed by atoms with Crippen LogP contribution in [-0.4, -0.2) is 29.1 Å². The van der Waals surface area contributed by atoms with Crippen LogP contribution in [0.2, 0.25) is 0 Å². The van der Waals surface area contributed by atoms with Crippen LogP contribution in [0.15, 0.2) is 12.4 Å². The van der Waals surface area contributed by atoms with Gasteiger partial charge in [0.1, 0.15) is 0 Å². The standard InChI is InChI=1S/C13H24N4/c1-5-11(4)17(7-3)13-15-9-12(10-16-13)8-14-6-2/h9-11,14H,5-8H2,1-4H3. The number of aromatic nitrogens is 2. The predicted molar refractivity (Wildman–Crippen MR) is 72.2 cm³/mol. The Bertz CT molecular complexity index is 310. The lowest BCUT2D eigenvalue weighted by Crippen LogP contribution is -2.33. The third-order valence-electron chi connectivity index (χ3n) is 2.99. The molecule has 17 heavy (non-hydrogen) atoms. The van der Waals surface area contributed by atoms with Gasteiger partial charge in [0.2, 0.25) is 5.95 Å². The summed E-state index contributed by atoms with van der Waals surface area (Å²) in [6, 6.07) is 0.486. The van der Waals surface area contributed by atoms with Crippen LogP contribution in [0.5, 0.6) is 0 Å². The molecule has 0 saturated carbocycles. The van der Waals surface area contributed by atoms with Crippen LogP contribution in [0, 0.1) is 0 Å². The Balaban J connectivity index is 2.71. The van der Waals surface area contributed by atoms with Gasteiger partial charge >= 0.3 is 0 Å². The van der Waals surface area contributed by atoms with Crippen LogP contribution < -0.4 is 10.2 Å². The van der Waals surface area contributed by atoms with Gasteiger partial charge in [-0.2, -0.15) is 0 Å². The Hall–Kier alpha value is -1.16. The van der Waals surface area contributed by atoms with E-state index in [-0.39, 0.29) is 0 Å². The van der Waals surface area contributed by atoms with Crippen molar-refractivity contribution < 1.29 is 0 Å². The van der Waals surface area contributed by atoms with Gasteiger partial charge in [0, 0.05) is 37.1 Å². The molecule has 1 N–H and O–H groups in total. The summed E-state index contributed by atoms with van der Waals surface area (Å²) in [4.78, 5) is 11.1. The van der Waals surface area contributed by atoms with Gasteiger partial charge in [-0.1, -0.05) is 13.8 Å². The molecule has 0 spiro atoms. The van der Waals surface area contributed by atoms with Crippen molar-refractivity contribution in [1.29, 1.82) is 0 Å². The average Bonchev–Trinajstić information content (AvgIpc) is 2.38. The van der Waals surface area contributed by atoms with E-state index in [9.17, 15) is 0 Å². The maximum Gasteiger partial charge on any atom is 0.225 e. The van der Waals surface area contributed by atoms with Crippen LogP contribution in [0.1, 0.15) is 39.7 Å². The van der Waals surface area contributed by atoms with E-state index in [0.29, 0.717) is 6.04 Å². The first-order chi connectivity index (χ1) is 8.22. The van der Waals surface area contributed by atoms with E-state index in [2.05, 4.69) is 47.9 Å². The lowest BCUT2D eigenvalue weighted by molar-refractivity contribution is 0.613. The van der Waals surface area contributed by atoms with Crippen molar-refractivity contribution >= 4 is 5.95 Å². The van der Waals surface area contributed by atoms with Crippen molar-refractivity contribution in [3.63, 3.8) is 0 Å². The van der Waals surface area contributed by atoms with Gasteiger partial charge < -0.3 is 10.2 Å². The summed E-state index contributed by atoms with van der Waals surface area (Å²) in [5.41, 5.74) is 1.14. The van der Waals surface area contributed by atoms with E-state index in [1.54, 1.807) is 0 Å². The second-order valence-electron chi connectivity index (χ2n) is 4.21. The third kappa shape index (κ3) is 3.97. The van der Waals surface area contributed by atoms with Crippen LogP contribution >= 0.6 is 0 Å². The fourth-order valence-corrected chi connectivity index (χ4v) is 1.73. The Kier molecular flexibility index (Phi) is 5.91. The van der Waals surface area contributed by atoms with Crippen molar-refractivity contribution in [2.45, 2.75) is 46.7 Å². The van der Waals surface area contributed by atoms with Crippen molar-refractivity contribution in [2.75, 3.05) is 18.0 Å². The van der Waals surface area contributed by atoms with Gasteiger partial charge in [0.25, 0.3) is 0 Å². The molecule has 0 aromatic carbocycles. The molecule has 1 unspecified atom stereocenters. The van der Waals surface area contributed by atoms with Crippen LogP contribution in [0.25, 0.3) is 0 Å². The zero-order valence-electron chi connectivity index (χ0n) is 11.4. The first-order valence-electron chi connectivity index (χ1n) is 6.51. The molecule has 0 aliphatic carbocycles. The molecule has 1 rings (SSSR count). The molecule has 96 valence electrons. The number of anilines is 1. The molecule has 0 fully saturated rings. The van der Waals surface area contributed by atoms with E-state index < -0.39 is 0 Å². The second-order valence-corrected chi connectivity index (χ2v) is 4.21. The molecule has 1 aromatic heterocycles. The predicted octanol–water partition coefficient (Wildman–Crippen LogP) is 2.21. The molecule has 0 saturated heterocycles. The minimum Gasteiger partial charge on any atom is -0.338 e. The van der Waals surface area contributed by atoms with E-state index in [4.69, 9.17) is 0 Å². The lowest BCUT2D eigenvalue weighted by Gasteiger charge is -2.27. The highest BCUT2D eigenvalue weighted by atomic mass is 15.3. The number of nitrogens with one attached hydrogen (secondary N) is 1. The first-order valence-corrected chi connectivity index (χ1v) is 6.51. The molecule has 0 amide bonds. The van der Waals surface area contributed by atoms with Crippen LogP contribution in [0.3, 0.4) is 0 Å². The van der Waals surface area contributed by atoms with Gasteiger partial charge in [-0.25, -0.2) is 9.97 Å². The summed E-state index contributed by atoms with van der Waals surface area (Å²) in [6.07, 6.45) is 4.93. The molecule has 0 aliphatic heterocycles. The summed E-state index contributed by atoms with van der Waals surface area (Å²) in [6.45, 7) is 11.4. The minimum absolute atomic E-state index is 0.486. The Morgan fingerprint density at radius 2 is 1.88 bits per heavy atom. The lowest BCUT2D eigenvalue weighted by atomic mass is 10.2. The van der Waals surface area contributed by atoms with Crippen LogP contribution in [-0.2, 0) is 6.54 Å². The summed E-state index contributed by atoms with van der Waals surface area (Å²) in [5, 5.41) is 3.27. The van der Waals surface area contributed by atoms with Gasteiger partial charge in [0.15, 0.2) is 0 Å². The van der Waals surface area contributed by atoms with Gasteiger partial charge in [0.05, 0.1) is 0 Å². The topological polar surface area (TPSA) is 41.1 Å². The van der Waals surface area contributed by atoms with E-state index in [0.717, 1.165) is 37.6 Å². The Labute approximate surface area is 104 Å². The van der Waals surface area contributed by atoms with Crippen molar-refractivity contribution in [3.8, 4) is 0 Å². The first kappa shape index (κ1) is 13.9. The molecular formula is C13H24N4. The Morgan fingerprint density at radius 3 is 2.35 bits per heavy atom. The fraction of sp³-hybridized carbons (Fsp3) is 0.692. The van der Waals surface area contributed by atoms with Crippen molar-refractivity contribution in [1.82, 2.24) is 15.3 Å². The smallest absolute Gasteiger partial charge is 0.225 e. The normalized spacial score (nSPS) is 12.5. The molecule has 1 atom stereocenters. The number of nitrogens with zero attached hydrogens (tertiary/aromatic N) is 3. The second kappa shape index (κ2) is 7.22. The SMILES string of the molecule is CCNCc1cnc(N(CC)C(C)CC)nc1. The van der Waals surface area contributed by atoms with E-state index in [1.165, 1.54) is 0 Å². The molecule has 4 heteroatoms. The fourth-order valence-electron chi connectivity index (χ4n) is 1.73. The van der Waals surface area contributed by atoms with Crippen molar-refractivity contribution in [3.05, 3.63) is 18.0 Å². The summed E-state index contributed by atoms with van der Waals surface area (Å²) >= 11 is 0. The summed E-state index contributed by atoms with van der Waals surface area (Å²) < 4.78 is 0. The van der Waals surface area contributed by atoms with Gasteiger partial charge in [-0.3, -0.25) is 0 Å². The average molecular weight is 236 g/mol. The molecule has 0 bridgehead atoms. The molecular weight excluding hydrogens is 212 g/mol. The molecule has 4 nitrogen and oxygen atoms in total.